The number of ketones is 1. The molecule has 4 heteroatoms. The third-order valence-corrected chi connectivity index (χ3v) is 4.41. The first kappa shape index (κ1) is 13.5. The molecule has 3 rings (SSSR count). The summed E-state index contributed by atoms with van der Waals surface area (Å²) in [5, 5.41) is 1.04. The van der Waals surface area contributed by atoms with E-state index in [0.717, 1.165) is 16.7 Å². The number of rotatable bonds is 2. The van der Waals surface area contributed by atoms with Crippen LogP contribution in [0.5, 0.6) is 5.75 Å². The third-order valence-electron chi connectivity index (χ3n) is 3.67. The Bertz CT molecular complexity index is 695. The number of ether oxygens (including phenoxy) is 1. The van der Waals surface area contributed by atoms with Gasteiger partial charge in [-0.3, -0.25) is 4.79 Å². The predicted molar refractivity (Wildman–Crippen MR) is 80.2 cm³/mol. The lowest BCUT2D eigenvalue weighted by atomic mass is 9.93. The van der Waals surface area contributed by atoms with Gasteiger partial charge in [0.15, 0.2) is 5.78 Å². The normalized spacial score (nSPS) is 17.1. The molecule has 1 unspecified atom stereocenters. The van der Waals surface area contributed by atoms with Crippen LogP contribution in [-0.2, 0) is 0 Å². The largest absolute Gasteiger partial charge is 0.497 e. The van der Waals surface area contributed by atoms with Gasteiger partial charge < -0.3 is 4.74 Å². The third kappa shape index (κ3) is 2.19. The SMILES string of the molecule is COc1ccc2c(c1)C(=O)CC2c1ccc(Cl)c(Cl)c1. The van der Waals surface area contributed by atoms with E-state index < -0.39 is 0 Å². The summed E-state index contributed by atoms with van der Waals surface area (Å²) in [6.45, 7) is 0. The summed E-state index contributed by atoms with van der Waals surface area (Å²) in [7, 11) is 1.59. The lowest BCUT2D eigenvalue weighted by molar-refractivity contribution is 0.0991. The first-order valence-electron chi connectivity index (χ1n) is 6.26. The maximum Gasteiger partial charge on any atom is 0.164 e. The second kappa shape index (κ2) is 5.12. The minimum atomic E-state index is 0.0400. The average Bonchev–Trinajstić information content (AvgIpc) is 2.79. The zero-order valence-electron chi connectivity index (χ0n) is 10.8. The van der Waals surface area contributed by atoms with Gasteiger partial charge in [0.25, 0.3) is 0 Å². The van der Waals surface area contributed by atoms with Gasteiger partial charge in [-0.25, -0.2) is 0 Å². The van der Waals surface area contributed by atoms with E-state index in [1.54, 1.807) is 19.2 Å². The molecule has 0 saturated carbocycles. The Kier molecular flexibility index (Phi) is 3.45. The molecular formula is C16H12Cl2O2. The monoisotopic (exact) mass is 306 g/mol. The first-order chi connectivity index (χ1) is 9.60. The van der Waals surface area contributed by atoms with Gasteiger partial charge in [-0.2, -0.15) is 0 Å². The van der Waals surface area contributed by atoms with Gasteiger partial charge in [0.05, 0.1) is 17.2 Å². The Morgan fingerprint density at radius 2 is 1.90 bits per heavy atom. The predicted octanol–water partition coefficient (Wildman–Crippen LogP) is 4.72. The highest BCUT2D eigenvalue weighted by Gasteiger charge is 2.31. The number of hydrogen-bond acceptors (Lipinski definition) is 2. The van der Waals surface area contributed by atoms with Gasteiger partial charge in [-0.05, 0) is 35.4 Å². The van der Waals surface area contributed by atoms with Gasteiger partial charge in [0.1, 0.15) is 5.75 Å². The molecule has 102 valence electrons. The zero-order chi connectivity index (χ0) is 14.3. The van der Waals surface area contributed by atoms with Crippen LogP contribution in [0.1, 0.15) is 33.8 Å². The van der Waals surface area contributed by atoms with Crippen LogP contribution < -0.4 is 4.74 Å². The number of benzene rings is 2. The molecule has 0 aliphatic heterocycles. The van der Waals surface area contributed by atoms with E-state index in [0.29, 0.717) is 22.2 Å². The highest BCUT2D eigenvalue weighted by molar-refractivity contribution is 6.42. The van der Waals surface area contributed by atoms with Crippen LogP contribution in [0, 0.1) is 0 Å². The molecule has 0 spiro atoms. The summed E-state index contributed by atoms with van der Waals surface area (Å²) in [6, 6.07) is 11.2. The van der Waals surface area contributed by atoms with Crippen molar-refractivity contribution >= 4 is 29.0 Å². The fraction of sp³-hybridized carbons (Fsp3) is 0.188. The minimum Gasteiger partial charge on any atom is -0.497 e. The molecule has 1 aliphatic carbocycles. The summed E-state index contributed by atoms with van der Waals surface area (Å²) in [5.74, 6) is 0.875. The fourth-order valence-electron chi connectivity index (χ4n) is 2.64. The number of hydrogen-bond donors (Lipinski definition) is 0. The zero-order valence-corrected chi connectivity index (χ0v) is 12.3. The number of methoxy groups -OCH3 is 1. The molecule has 0 N–H and O–H groups in total. The molecule has 0 fully saturated rings. The molecular weight excluding hydrogens is 295 g/mol. The molecule has 1 aliphatic rings. The van der Waals surface area contributed by atoms with Gasteiger partial charge in [0, 0.05) is 17.9 Å². The van der Waals surface area contributed by atoms with Crippen molar-refractivity contribution < 1.29 is 9.53 Å². The summed E-state index contributed by atoms with van der Waals surface area (Å²) >= 11 is 12.0. The highest BCUT2D eigenvalue weighted by Crippen LogP contribution is 2.40. The molecule has 0 aromatic heterocycles. The Morgan fingerprint density at radius 3 is 2.60 bits per heavy atom. The Hall–Kier alpha value is -1.51. The van der Waals surface area contributed by atoms with Gasteiger partial charge in [-0.15, -0.1) is 0 Å². The van der Waals surface area contributed by atoms with E-state index >= 15 is 0 Å². The van der Waals surface area contributed by atoms with Gasteiger partial charge in [-0.1, -0.05) is 35.3 Å². The van der Waals surface area contributed by atoms with Gasteiger partial charge >= 0.3 is 0 Å². The standard InChI is InChI=1S/C16H12Cl2O2/c1-20-10-3-4-11-12(8-16(19)13(11)7-10)9-2-5-14(17)15(18)6-9/h2-7,12H,8H2,1H3. The molecule has 0 saturated heterocycles. The van der Waals surface area contributed by atoms with Crippen LogP contribution in [0.3, 0.4) is 0 Å². The lowest BCUT2D eigenvalue weighted by Crippen LogP contribution is -1.96. The van der Waals surface area contributed by atoms with Crippen LogP contribution in [-0.4, -0.2) is 12.9 Å². The van der Waals surface area contributed by atoms with E-state index in [2.05, 4.69) is 0 Å². The van der Waals surface area contributed by atoms with Crippen molar-refractivity contribution in [3.63, 3.8) is 0 Å². The molecule has 0 heterocycles. The van der Waals surface area contributed by atoms with Crippen molar-refractivity contribution in [1.82, 2.24) is 0 Å². The van der Waals surface area contributed by atoms with Crippen LogP contribution in [0.2, 0.25) is 10.0 Å². The lowest BCUT2D eigenvalue weighted by Gasteiger charge is -2.12. The van der Waals surface area contributed by atoms with E-state index in [4.69, 9.17) is 27.9 Å². The van der Waals surface area contributed by atoms with Crippen LogP contribution in [0.15, 0.2) is 36.4 Å². The smallest absolute Gasteiger partial charge is 0.164 e. The average molecular weight is 307 g/mol. The number of fused-ring (bicyclic) bond motifs is 1. The second-order valence-electron chi connectivity index (χ2n) is 4.81. The first-order valence-corrected chi connectivity index (χ1v) is 7.02. The molecule has 20 heavy (non-hydrogen) atoms. The van der Waals surface area contributed by atoms with Crippen molar-refractivity contribution in [3.8, 4) is 5.75 Å². The molecule has 0 radical (unpaired) electrons. The topological polar surface area (TPSA) is 26.3 Å². The Labute approximate surface area is 127 Å². The molecule has 0 amide bonds. The van der Waals surface area contributed by atoms with Crippen molar-refractivity contribution in [3.05, 3.63) is 63.1 Å². The maximum atomic E-state index is 12.2. The number of carbonyl (C=O) groups excluding carboxylic acids is 1. The summed E-state index contributed by atoms with van der Waals surface area (Å²) < 4.78 is 5.17. The number of halogens is 2. The van der Waals surface area contributed by atoms with Crippen molar-refractivity contribution in [2.24, 2.45) is 0 Å². The van der Waals surface area contributed by atoms with Crippen molar-refractivity contribution in [2.75, 3.05) is 7.11 Å². The number of carbonyl (C=O) groups is 1. The van der Waals surface area contributed by atoms with Crippen LogP contribution in [0.25, 0.3) is 0 Å². The second-order valence-corrected chi connectivity index (χ2v) is 5.62. The molecule has 1 atom stereocenters. The molecule has 2 aromatic carbocycles. The molecule has 2 aromatic rings. The van der Waals surface area contributed by atoms with E-state index in [-0.39, 0.29) is 11.7 Å². The maximum absolute atomic E-state index is 12.2. The number of Topliss-reactive ketones (excluding diaryl/α,β-unsaturated/α-hetero) is 1. The molecule has 0 bridgehead atoms. The summed E-state index contributed by atoms with van der Waals surface area (Å²) in [5.41, 5.74) is 2.77. The van der Waals surface area contributed by atoms with Crippen LogP contribution in [0.4, 0.5) is 0 Å². The van der Waals surface area contributed by atoms with E-state index in [9.17, 15) is 4.79 Å². The van der Waals surface area contributed by atoms with E-state index in [1.807, 2.05) is 24.3 Å². The van der Waals surface area contributed by atoms with Crippen LogP contribution >= 0.6 is 23.2 Å². The van der Waals surface area contributed by atoms with Crippen molar-refractivity contribution in [2.45, 2.75) is 12.3 Å². The Morgan fingerprint density at radius 1 is 1.10 bits per heavy atom. The summed E-state index contributed by atoms with van der Waals surface area (Å²) in [6.07, 6.45) is 0.459. The quantitative estimate of drug-likeness (QED) is 0.802. The minimum absolute atomic E-state index is 0.0400. The van der Waals surface area contributed by atoms with Gasteiger partial charge in [0.2, 0.25) is 0 Å². The summed E-state index contributed by atoms with van der Waals surface area (Å²) in [4.78, 5) is 12.2. The Balaban J connectivity index is 2.06. The van der Waals surface area contributed by atoms with Crippen molar-refractivity contribution in [1.29, 1.82) is 0 Å². The van der Waals surface area contributed by atoms with E-state index in [1.165, 1.54) is 0 Å². The fourth-order valence-corrected chi connectivity index (χ4v) is 2.95. The highest BCUT2D eigenvalue weighted by atomic mass is 35.5. The molecule has 2 nitrogen and oxygen atoms in total.